The molecule has 10 heteroatoms. The average molecular weight is 632 g/mol. The number of carbonyl (C=O) groups is 3. The molecule has 7 nitrogen and oxygen atoms in total. The summed E-state index contributed by atoms with van der Waals surface area (Å²) in [4.78, 5) is 40.1. The minimum Gasteiger partial charge on any atom is -0.494 e. The SMILES string of the molecule is CCOc1ccc(NC(=O)C(CC)Sc2cccc(NC(=O)/C(=C\c3c(F)cccc3Cl)NC(=O)c3ccccc3)c2)cc1. The molecule has 4 aromatic carbocycles. The summed E-state index contributed by atoms with van der Waals surface area (Å²) < 4.78 is 20.1. The summed E-state index contributed by atoms with van der Waals surface area (Å²) >= 11 is 7.55. The molecule has 0 radical (unpaired) electrons. The molecule has 0 aliphatic carbocycles. The summed E-state index contributed by atoms with van der Waals surface area (Å²) in [6.45, 7) is 4.38. The van der Waals surface area contributed by atoms with E-state index < -0.39 is 22.9 Å². The molecule has 0 bridgehead atoms. The quantitative estimate of drug-likeness (QED) is 0.110. The highest BCUT2D eigenvalue weighted by Gasteiger charge is 2.20. The fraction of sp³-hybridized carbons (Fsp3) is 0.147. The third-order valence-electron chi connectivity index (χ3n) is 6.28. The van der Waals surface area contributed by atoms with Gasteiger partial charge in [-0.2, -0.15) is 0 Å². The Balaban J connectivity index is 1.50. The second kappa shape index (κ2) is 15.7. The predicted molar refractivity (Wildman–Crippen MR) is 175 cm³/mol. The monoisotopic (exact) mass is 631 g/mol. The maximum Gasteiger partial charge on any atom is 0.272 e. The van der Waals surface area contributed by atoms with E-state index in [9.17, 15) is 18.8 Å². The first kappa shape index (κ1) is 32.3. The van der Waals surface area contributed by atoms with Crippen molar-refractivity contribution in [2.24, 2.45) is 0 Å². The van der Waals surface area contributed by atoms with Crippen LogP contribution in [0.1, 0.15) is 36.2 Å². The van der Waals surface area contributed by atoms with Crippen LogP contribution in [0, 0.1) is 5.82 Å². The topological polar surface area (TPSA) is 96.5 Å². The van der Waals surface area contributed by atoms with Crippen molar-refractivity contribution in [1.29, 1.82) is 0 Å². The molecule has 0 saturated carbocycles. The van der Waals surface area contributed by atoms with Crippen LogP contribution in [0.5, 0.6) is 5.75 Å². The van der Waals surface area contributed by atoms with Crippen LogP contribution in [0.4, 0.5) is 15.8 Å². The van der Waals surface area contributed by atoms with Crippen LogP contribution in [-0.4, -0.2) is 29.6 Å². The molecular weight excluding hydrogens is 601 g/mol. The third-order valence-corrected chi connectivity index (χ3v) is 7.97. The summed E-state index contributed by atoms with van der Waals surface area (Å²) in [7, 11) is 0. The van der Waals surface area contributed by atoms with Crippen molar-refractivity contribution in [2.75, 3.05) is 17.2 Å². The molecule has 0 spiro atoms. The maximum absolute atomic E-state index is 14.6. The Labute approximate surface area is 264 Å². The lowest BCUT2D eigenvalue weighted by molar-refractivity contribution is -0.116. The molecule has 1 unspecified atom stereocenters. The van der Waals surface area contributed by atoms with Gasteiger partial charge >= 0.3 is 0 Å². The van der Waals surface area contributed by atoms with Gasteiger partial charge in [0, 0.05) is 27.4 Å². The van der Waals surface area contributed by atoms with Crippen molar-refractivity contribution < 1.29 is 23.5 Å². The molecule has 3 amide bonds. The van der Waals surface area contributed by atoms with Crippen molar-refractivity contribution in [3.8, 4) is 5.75 Å². The first-order valence-electron chi connectivity index (χ1n) is 13.9. The lowest BCUT2D eigenvalue weighted by Gasteiger charge is -2.16. The molecule has 0 aliphatic rings. The Kier molecular flexibility index (Phi) is 11.6. The fourth-order valence-electron chi connectivity index (χ4n) is 4.09. The normalized spacial score (nSPS) is 11.8. The molecule has 1 atom stereocenters. The molecule has 0 fully saturated rings. The number of hydrogen-bond acceptors (Lipinski definition) is 5. The van der Waals surface area contributed by atoms with E-state index >= 15 is 0 Å². The third kappa shape index (κ3) is 8.95. The zero-order valence-corrected chi connectivity index (χ0v) is 25.7. The highest BCUT2D eigenvalue weighted by Crippen LogP contribution is 2.29. The maximum atomic E-state index is 14.6. The molecule has 0 aliphatic heterocycles. The van der Waals surface area contributed by atoms with Gasteiger partial charge < -0.3 is 20.7 Å². The van der Waals surface area contributed by atoms with Crippen LogP contribution in [0.25, 0.3) is 6.08 Å². The minimum atomic E-state index is -0.684. The van der Waals surface area contributed by atoms with Crippen LogP contribution in [0.2, 0.25) is 5.02 Å². The van der Waals surface area contributed by atoms with Crippen LogP contribution in [0.3, 0.4) is 0 Å². The van der Waals surface area contributed by atoms with E-state index in [0.29, 0.717) is 30.0 Å². The number of amides is 3. The molecule has 4 aromatic rings. The number of ether oxygens (including phenoxy) is 1. The Hall–Kier alpha value is -4.60. The van der Waals surface area contributed by atoms with E-state index in [0.717, 1.165) is 10.6 Å². The predicted octanol–water partition coefficient (Wildman–Crippen LogP) is 7.80. The summed E-state index contributed by atoms with van der Waals surface area (Å²) in [6, 6.07) is 26.6. The average Bonchev–Trinajstić information content (AvgIpc) is 3.02. The van der Waals surface area contributed by atoms with Gasteiger partial charge in [-0.15, -0.1) is 11.8 Å². The number of benzene rings is 4. The van der Waals surface area contributed by atoms with Gasteiger partial charge in [-0.05, 0) is 86.2 Å². The van der Waals surface area contributed by atoms with Crippen LogP contribution >= 0.6 is 23.4 Å². The number of anilines is 2. The van der Waals surface area contributed by atoms with Crippen LogP contribution < -0.4 is 20.7 Å². The van der Waals surface area contributed by atoms with Crippen LogP contribution in [0.15, 0.2) is 108 Å². The zero-order valence-electron chi connectivity index (χ0n) is 24.1. The molecule has 3 N–H and O–H groups in total. The van der Waals surface area contributed by atoms with E-state index in [4.69, 9.17) is 16.3 Å². The lowest BCUT2D eigenvalue weighted by atomic mass is 10.1. The Morgan fingerprint density at radius 1 is 0.886 bits per heavy atom. The van der Waals surface area contributed by atoms with Gasteiger partial charge in [0.2, 0.25) is 5.91 Å². The van der Waals surface area contributed by atoms with E-state index in [1.165, 1.54) is 36.0 Å². The fourth-order valence-corrected chi connectivity index (χ4v) is 5.32. The van der Waals surface area contributed by atoms with Crippen molar-refractivity contribution in [3.63, 3.8) is 0 Å². The summed E-state index contributed by atoms with van der Waals surface area (Å²) in [5, 5.41) is 7.95. The van der Waals surface area contributed by atoms with Gasteiger partial charge in [-0.1, -0.05) is 48.9 Å². The van der Waals surface area contributed by atoms with Gasteiger partial charge in [0.15, 0.2) is 0 Å². The highest BCUT2D eigenvalue weighted by molar-refractivity contribution is 8.00. The Morgan fingerprint density at radius 2 is 1.61 bits per heavy atom. The molecule has 0 heterocycles. The number of halogens is 2. The standard InChI is InChI=1S/C34H31ClFN3O4S/c1-3-31(34(42)37-23-16-18-25(19-17-23)43-4-2)44-26-13-8-12-24(20-26)38-33(41)30(21-27-28(35)14-9-15-29(27)36)39-32(40)22-10-6-5-7-11-22/h5-21,31H,3-4H2,1-2H3,(H,37,42)(H,38,41)(H,39,40)/b30-21+. The number of carbonyl (C=O) groups excluding carboxylic acids is 3. The smallest absolute Gasteiger partial charge is 0.272 e. The van der Waals surface area contributed by atoms with Crippen molar-refractivity contribution in [2.45, 2.75) is 30.4 Å². The molecular formula is C34H31ClFN3O4S. The molecule has 44 heavy (non-hydrogen) atoms. The van der Waals surface area contributed by atoms with Gasteiger partial charge in [0.25, 0.3) is 11.8 Å². The van der Waals surface area contributed by atoms with Gasteiger partial charge in [0.1, 0.15) is 17.3 Å². The Morgan fingerprint density at radius 3 is 2.30 bits per heavy atom. The minimum absolute atomic E-state index is 0.0404. The first-order valence-corrected chi connectivity index (χ1v) is 15.2. The van der Waals surface area contributed by atoms with Crippen molar-refractivity contribution in [3.05, 3.63) is 125 Å². The molecule has 4 rings (SSSR count). The molecule has 0 aromatic heterocycles. The molecule has 226 valence electrons. The number of nitrogens with one attached hydrogen (secondary N) is 3. The van der Waals surface area contributed by atoms with Crippen molar-refractivity contribution >= 4 is 58.5 Å². The highest BCUT2D eigenvalue weighted by atomic mass is 35.5. The molecule has 0 saturated heterocycles. The summed E-state index contributed by atoms with van der Waals surface area (Å²) in [5.74, 6) is -1.32. The second-order valence-corrected chi connectivity index (χ2v) is 11.1. The Bertz CT molecular complexity index is 1630. The zero-order chi connectivity index (χ0) is 31.5. The van der Waals surface area contributed by atoms with E-state index in [1.807, 2.05) is 19.9 Å². The number of rotatable bonds is 12. The van der Waals surface area contributed by atoms with Gasteiger partial charge in [-0.25, -0.2) is 4.39 Å². The lowest BCUT2D eigenvalue weighted by Crippen LogP contribution is -2.30. The van der Waals surface area contributed by atoms with Crippen LogP contribution in [-0.2, 0) is 9.59 Å². The van der Waals surface area contributed by atoms with E-state index in [-0.39, 0.29) is 22.2 Å². The second-order valence-electron chi connectivity index (χ2n) is 9.46. The summed E-state index contributed by atoms with van der Waals surface area (Å²) in [5.41, 5.74) is 1.15. The van der Waals surface area contributed by atoms with Crippen molar-refractivity contribution in [1.82, 2.24) is 5.32 Å². The van der Waals surface area contributed by atoms with E-state index in [1.54, 1.807) is 72.8 Å². The largest absolute Gasteiger partial charge is 0.494 e. The summed E-state index contributed by atoms with van der Waals surface area (Å²) in [6.07, 6.45) is 1.76. The van der Waals surface area contributed by atoms with Gasteiger partial charge in [0.05, 0.1) is 16.9 Å². The number of hydrogen-bond donors (Lipinski definition) is 3. The van der Waals surface area contributed by atoms with E-state index in [2.05, 4.69) is 16.0 Å². The number of thioether (sulfide) groups is 1. The van der Waals surface area contributed by atoms with Gasteiger partial charge in [-0.3, -0.25) is 14.4 Å². The first-order chi connectivity index (χ1) is 21.3.